The van der Waals surface area contributed by atoms with Crippen LogP contribution in [0.4, 0.5) is 5.69 Å². The first-order valence-electron chi connectivity index (χ1n) is 7.32. The summed E-state index contributed by atoms with van der Waals surface area (Å²) in [6.45, 7) is 11.3. The Balaban J connectivity index is 2.17. The lowest BCUT2D eigenvalue weighted by atomic mass is 10.1. The van der Waals surface area contributed by atoms with Gasteiger partial charge in [-0.1, -0.05) is 31.5 Å². The third-order valence-corrected chi connectivity index (χ3v) is 3.50. The van der Waals surface area contributed by atoms with E-state index in [0.29, 0.717) is 6.04 Å². The highest BCUT2D eigenvalue weighted by atomic mass is 16.5. The molecule has 1 N–H and O–H groups in total. The maximum atomic E-state index is 5.55. The Hall–Kier alpha value is -1.06. The molecular weight excluding hydrogens is 236 g/mol. The van der Waals surface area contributed by atoms with Crippen molar-refractivity contribution >= 4 is 5.69 Å². The summed E-state index contributed by atoms with van der Waals surface area (Å²) in [5, 5.41) is 3.53. The van der Waals surface area contributed by atoms with Crippen molar-refractivity contribution in [1.29, 1.82) is 0 Å². The summed E-state index contributed by atoms with van der Waals surface area (Å²) in [7, 11) is 0. The van der Waals surface area contributed by atoms with E-state index in [4.69, 9.17) is 4.74 Å². The smallest absolute Gasteiger partial charge is 0.0641 e. The highest BCUT2D eigenvalue weighted by molar-refractivity contribution is 5.55. The van der Waals surface area contributed by atoms with Gasteiger partial charge in [-0.05, 0) is 25.0 Å². The molecule has 3 nitrogen and oxygen atoms in total. The van der Waals surface area contributed by atoms with Gasteiger partial charge in [-0.15, -0.1) is 0 Å². The Labute approximate surface area is 116 Å². The Morgan fingerprint density at radius 1 is 1.26 bits per heavy atom. The van der Waals surface area contributed by atoms with Gasteiger partial charge >= 0.3 is 0 Å². The van der Waals surface area contributed by atoms with E-state index in [1.165, 1.54) is 16.8 Å². The van der Waals surface area contributed by atoms with Crippen molar-refractivity contribution in [2.75, 3.05) is 31.2 Å². The maximum absolute atomic E-state index is 5.55. The number of aryl methyl sites for hydroxylation is 1. The molecule has 0 aromatic heterocycles. The minimum Gasteiger partial charge on any atom is -0.380 e. The molecule has 1 aliphatic heterocycles. The molecule has 1 fully saturated rings. The first kappa shape index (κ1) is 14.4. The molecule has 1 aromatic rings. The number of hydrogen-bond acceptors (Lipinski definition) is 3. The summed E-state index contributed by atoms with van der Waals surface area (Å²) in [5.74, 6) is 0. The van der Waals surface area contributed by atoms with Crippen LogP contribution in [-0.4, -0.2) is 32.3 Å². The van der Waals surface area contributed by atoms with Crippen LogP contribution in [0.3, 0.4) is 0 Å². The van der Waals surface area contributed by atoms with Gasteiger partial charge in [-0.2, -0.15) is 0 Å². The molecule has 0 amide bonds. The van der Waals surface area contributed by atoms with E-state index in [9.17, 15) is 0 Å². The molecule has 0 spiro atoms. The first-order chi connectivity index (χ1) is 9.16. The quantitative estimate of drug-likeness (QED) is 0.903. The number of rotatable bonds is 4. The van der Waals surface area contributed by atoms with Crippen LogP contribution in [0.15, 0.2) is 18.2 Å². The second-order valence-electron chi connectivity index (χ2n) is 5.62. The predicted molar refractivity (Wildman–Crippen MR) is 80.8 cm³/mol. The molecule has 1 aliphatic rings. The number of benzene rings is 1. The first-order valence-corrected chi connectivity index (χ1v) is 7.32. The van der Waals surface area contributed by atoms with Crippen molar-refractivity contribution < 1.29 is 4.74 Å². The lowest BCUT2D eigenvalue weighted by molar-refractivity contribution is 0.152. The largest absolute Gasteiger partial charge is 0.380 e. The van der Waals surface area contributed by atoms with Crippen molar-refractivity contribution in [2.24, 2.45) is 0 Å². The van der Waals surface area contributed by atoms with Gasteiger partial charge in [-0.3, -0.25) is 0 Å². The zero-order valence-electron chi connectivity index (χ0n) is 12.4. The van der Waals surface area contributed by atoms with Crippen molar-refractivity contribution in [3.63, 3.8) is 0 Å². The van der Waals surface area contributed by atoms with E-state index < -0.39 is 0 Å². The molecule has 1 saturated heterocycles. The fraction of sp³-hybridized carbons (Fsp3) is 0.625. The van der Waals surface area contributed by atoms with Crippen LogP contribution in [-0.2, 0) is 11.3 Å². The van der Waals surface area contributed by atoms with Gasteiger partial charge in [0.05, 0.1) is 6.61 Å². The standard InChI is InChI=1S/C16H26N2O/c1-13(2)17-12-15-11-14(3)5-6-16(15)18-7-4-9-19-10-8-18/h5-6,11,13,17H,4,7-10,12H2,1-3H3. The topological polar surface area (TPSA) is 24.5 Å². The van der Waals surface area contributed by atoms with E-state index >= 15 is 0 Å². The fourth-order valence-corrected chi connectivity index (χ4v) is 2.47. The summed E-state index contributed by atoms with van der Waals surface area (Å²) in [6.07, 6.45) is 1.12. The average Bonchev–Trinajstić information content (AvgIpc) is 2.65. The molecule has 0 atom stereocenters. The Bertz CT molecular complexity index is 396. The second-order valence-corrected chi connectivity index (χ2v) is 5.62. The fourth-order valence-electron chi connectivity index (χ4n) is 2.47. The summed E-state index contributed by atoms with van der Waals surface area (Å²) in [4.78, 5) is 2.46. The van der Waals surface area contributed by atoms with E-state index in [2.05, 4.69) is 49.2 Å². The van der Waals surface area contributed by atoms with Crippen LogP contribution in [0.1, 0.15) is 31.4 Å². The van der Waals surface area contributed by atoms with Crippen LogP contribution in [0.5, 0.6) is 0 Å². The van der Waals surface area contributed by atoms with Gasteiger partial charge in [0.25, 0.3) is 0 Å². The molecule has 1 heterocycles. The molecule has 2 rings (SSSR count). The lowest BCUT2D eigenvalue weighted by Gasteiger charge is -2.26. The third-order valence-electron chi connectivity index (χ3n) is 3.50. The maximum Gasteiger partial charge on any atom is 0.0641 e. The van der Waals surface area contributed by atoms with Crippen LogP contribution in [0, 0.1) is 6.92 Å². The van der Waals surface area contributed by atoms with Crippen LogP contribution < -0.4 is 10.2 Å². The number of anilines is 1. The molecule has 0 saturated carbocycles. The number of ether oxygens (including phenoxy) is 1. The second kappa shape index (κ2) is 6.92. The number of nitrogens with one attached hydrogen (secondary N) is 1. The van der Waals surface area contributed by atoms with Gasteiger partial charge < -0.3 is 15.0 Å². The molecular formula is C16H26N2O. The SMILES string of the molecule is Cc1ccc(N2CCCOCC2)c(CNC(C)C)c1. The van der Waals surface area contributed by atoms with Crippen molar-refractivity contribution in [3.8, 4) is 0 Å². The van der Waals surface area contributed by atoms with Crippen LogP contribution >= 0.6 is 0 Å². The Morgan fingerprint density at radius 2 is 2.11 bits per heavy atom. The summed E-state index contributed by atoms with van der Waals surface area (Å²) >= 11 is 0. The Morgan fingerprint density at radius 3 is 2.89 bits per heavy atom. The zero-order valence-corrected chi connectivity index (χ0v) is 12.4. The number of nitrogens with zero attached hydrogens (tertiary/aromatic N) is 1. The number of hydrogen-bond donors (Lipinski definition) is 1. The van der Waals surface area contributed by atoms with Gasteiger partial charge in [0.15, 0.2) is 0 Å². The van der Waals surface area contributed by atoms with E-state index in [0.717, 1.165) is 39.3 Å². The minimum atomic E-state index is 0.515. The monoisotopic (exact) mass is 262 g/mol. The van der Waals surface area contributed by atoms with E-state index in [1.807, 2.05) is 0 Å². The summed E-state index contributed by atoms with van der Waals surface area (Å²) in [6, 6.07) is 7.29. The third kappa shape index (κ3) is 4.22. The molecule has 0 aliphatic carbocycles. The zero-order chi connectivity index (χ0) is 13.7. The summed E-state index contributed by atoms with van der Waals surface area (Å²) < 4.78 is 5.55. The molecule has 106 valence electrons. The Kier molecular flexibility index (Phi) is 5.23. The van der Waals surface area contributed by atoms with Crippen molar-refractivity contribution in [3.05, 3.63) is 29.3 Å². The molecule has 3 heteroatoms. The highest BCUT2D eigenvalue weighted by Gasteiger charge is 2.13. The van der Waals surface area contributed by atoms with E-state index in [1.54, 1.807) is 0 Å². The van der Waals surface area contributed by atoms with Crippen LogP contribution in [0.2, 0.25) is 0 Å². The molecule has 1 aromatic carbocycles. The molecule has 0 bridgehead atoms. The van der Waals surface area contributed by atoms with Gasteiger partial charge in [0.1, 0.15) is 0 Å². The highest BCUT2D eigenvalue weighted by Crippen LogP contribution is 2.23. The van der Waals surface area contributed by atoms with Gasteiger partial charge in [0.2, 0.25) is 0 Å². The van der Waals surface area contributed by atoms with Gasteiger partial charge in [0, 0.05) is 38.0 Å². The molecule has 0 unspecified atom stereocenters. The van der Waals surface area contributed by atoms with Crippen molar-refractivity contribution in [2.45, 2.75) is 39.8 Å². The average molecular weight is 262 g/mol. The molecule has 0 radical (unpaired) electrons. The predicted octanol–water partition coefficient (Wildman–Crippen LogP) is 2.72. The van der Waals surface area contributed by atoms with Crippen molar-refractivity contribution in [1.82, 2.24) is 5.32 Å². The normalized spacial score (nSPS) is 16.7. The van der Waals surface area contributed by atoms with Gasteiger partial charge in [-0.25, -0.2) is 0 Å². The molecule has 19 heavy (non-hydrogen) atoms. The van der Waals surface area contributed by atoms with Crippen LogP contribution in [0.25, 0.3) is 0 Å². The minimum absolute atomic E-state index is 0.515. The van der Waals surface area contributed by atoms with E-state index in [-0.39, 0.29) is 0 Å². The lowest BCUT2D eigenvalue weighted by Crippen LogP contribution is -2.29. The summed E-state index contributed by atoms with van der Waals surface area (Å²) in [5.41, 5.74) is 4.09.